The molecule has 1 fully saturated rings. The molecular formula is C22H22N4OS. The SMILES string of the molecule is CN1CCC(c2nc3ccc(C(=O)NCc4ccc(C#N)cc4)cc3s2)CC1. The van der Waals surface area contributed by atoms with Crippen molar-refractivity contribution in [2.45, 2.75) is 25.3 Å². The van der Waals surface area contributed by atoms with Crippen molar-refractivity contribution < 1.29 is 4.79 Å². The minimum Gasteiger partial charge on any atom is -0.348 e. The number of benzene rings is 2. The predicted molar refractivity (Wildman–Crippen MR) is 111 cm³/mol. The molecular weight excluding hydrogens is 368 g/mol. The van der Waals surface area contributed by atoms with E-state index >= 15 is 0 Å². The van der Waals surface area contributed by atoms with Gasteiger partial charge >= 0.3 is 0 Å². The van der Waals surface area contributed by atoms with Crippen LogP contribution in [0.25, 0.3) is 10.2 Å². The Kier molecular flexibility index (Phi) is 5.38. The van der Waals surface area contributed by atoms with Crippen LogP contribution in [-0.2, 0) is 6.54 Å². The van der Waals surface area contributed by atoms with E-state index in [1.165, 1.54) is 5.01 Å². The minimum absolute atomic E-state index is 0.0968. The van der Waals surface area contributed by atoms with Gasteiger partial charge in [0.2, 0.25) is 0 Å². The highest BCUT2D eigenvalue weighted by Gasteiger charge is 2.21. The second-order valence-electron chi connectivity index (χ2n) is 7.30. The number of rotatable bonds is 4. The van der Waals surface area contributed by atoms with Gasteiger partial charge in [0.05, 0.1) is 26.9 Å². The Labute approximate surface area is 168 Å². The first-order valence-corrected chi connectivity index (χ1v) is 10.3. The fraction of sp³-hybridized carbons (Fsp3) is 0.318. The van der Waals surface area contributed by atoms with Crippen molar-refractivity contribution in [3.05, 3.63) is 64.2 Å². The van der Waals surface area contributed by atoms with Crippen LogP contribution in [0, 0.1) is 11.3 Å². The van der Waals surface area contributed by atoms with Crippen LogP contribution < -0.4 is 5.32 Å². The highest BCUT2D eigenvalue weighted by atomic mass is 32.1. The van der Waals surface area contributed by atoms with Crippen LogP contribution in [0.15, 0.2) is 42.5 Å². The van der Waals surface area contributed by atoms with Gasteiger partial charge in [0.15, 0.2) is 0 Å². The van der Waals surface area contributed by atoms with E-state index in [1.807, 2.05) is 30.3 Å². The molecule has 2 heterocycles. The fourth-order valence-electron chi connectivity index (χ4n) is 3.50. The smallest absolute Gasteiger partial charge is 0.251 e. The Morgan fingerprint density at radius 2 is 2.00 bits per heavy atom. The predicted octanol–water partition coefficient (Wildman–Crippen LogP) is 3.91. The third-order valence-corrected chi connectivity index (χ3v) is 6.45. The average molecular weight is 391 g/mol. The summed E-state index contributed by atoms with van der Waals surface area (Å²) in [6, 6.07) is 15.1. The molecule has 0 bridgehead atoms. The lowest BCUT2D eigenvalue weighted by Crippen LogP contribution is -2.29. The van der Waals surface area contributed by atoms with Crippen molar-refractivity contribution in [2.75, 3.05) is 20.1 Å². The highest BCUT2D eigenvalue weighted by molar-refractivity contribution is 7.18. The molecule has 1 aromatic heterocycles. The third-order valence-electron chi connectivity index (χ3n) is 5.27. The van der Waals surface area contributed by atoms with Crippen molar-refractivity contribution in [2.24, 2.45) is 0 Å². The Morgan fingerprint density at radius 3 is 2.71 bits per heavy atom. The van der Waals surface area contributed by atoms with E-state index in [0.717, 1.165) is 41.7 Å². The number of likely N-dealkylation sites (tertiary alicyclic amines) is 1. The molecule has 0 aliphatic carbocycles. The third kappa shape index (κ3) is 4.06. The van der Waals surface area contributed by atoms with Crippen molar-refractivity contribution in [3.8, 4) is 6.07 Å². The first kappa shape index (κ1) is 18.6. The molecule has 0 atom stereocenters. The van der Waals surface area contributed by atoms with Gasteiger partial charge in [-0.1, -0.05) is 12.1 Å². The summed E-state index contributed by atoms with van der Waals surface area (Å²) >= 11 is 1.71. The van der Waals surface area contributed by atoms with Crippen LogP contribution >= 0.6 is 11.3 Å². The summed E-state index contributed by atoms with van der Waals surface area (Å²) in [5, 5.41) is 13.0. The second-order valence-corrected chi connectivity index (χ2v) is 8.37. The molecule has 5 nitrogen and oxygen atoms in total. The van der Waals surface area contributed by atoms with E-state index in [0.29, 0.717) is 23.6 Å². The molecule has 0 unspecified atom stereocenters. The van der Waals surface area contributed by atoms with Crippen LogP contribution in [0.3, 0.4) is 0 Å². The zero-order chi connectivity index (χ0) is 19.5. The molecule has 28 heavy (non-hydrogen) atoms. The molecule has 3 aromatic rings. The van der Waals surface area contributed by atoms with Gasteiger partial charge in [-0.15, -0.1) is 11.3 Å². The number of hydrogen-bond donors (Lipinski definition) is 1. The Hall–Kier alpha value is -2.75. The van der Waals surface area contributed by atoms with E-state index in [2.05, 4.69) is 23.3 Å². The zero-order valence-electron chi connectivity index (χ0n) is 15.8. The van der Waals surface area contributed by atoms with Crippen LogP contribution in [0.4, 0.5) is 0 Å². The van der Waals surface area contributed by atoms with Gasteiger partial charge in [-0.2, -0.15) is 5.26 Å². The van der Waals surface area contributed by atoms with Gasteiger partial charge < -0.3 is 10.2 Å². The number of aromatic nitrogens is 1. The number of amides is 1. The molecule has 4 rings (SSSR count). The van der Waals surface area contributed by atoms with Gasteiger partial charge in [0.1, 0.15) is 0 Å². The maximum absolute atomic E-state index is 12.5. The maximum Gasteiger partial charge on any atom is 0.251 e. The molecule has 2 aromatic carbocycles. The first-order valence-electron chi connectivity index (χ1n) is 9.48. The molecule has 0 spiro atoms. The van der Waals surface area contributed by atoms with Crippen molar-refractivity contribution in [1.29, 1.82) is 5.26 Å². The van der Waals surface area contributed by atoms with Gasteiger partial charge in [0.25, 0.3) is 5.91 Å². The van der Waals surface area contributed by atoms with E-state index < -0.39 is 0 Å². The summed E-state index contributed by atoms with van der Waals surface area (Å²) in [7, 11) is 2.16. The van der Waals surface area contributed by atoms with Crippen molar-refractivity contribution in [3.63, 3.8) is 0 Å². The lowest BCUT2D eigenvalue weighted by molar-refractivity contribution is 0.0951. The maximum atomic E-state index is 12.5. The summed E-state index contributed by atoms with van der Waals surface area (Å²) in [4.78, 5) is 19.7. The summed E-state index contributed by atoms with van der Waals surface area (Å²) < 4.78 is 1.07. The van der Waals surface area contributed by atoms with Gasteiger partial charge in [-0.25, -0.2) is 4.98 Å². The second kappa shape index (κ2) is 8.09. The Balaban J connectivity index is 1.44. The van der Waals surface area contributed by atoms with Crippen molar-refractivity contribution in [1.82, 2.24) is 15.2 Å². The van der Waals surface area contributed by atoms with Gasteiger partial charge in [0, 0.05) is 18.0 Å². The quantitative estimate of drug-likeness (QED) is 0.733. The average Bonchev–Trinajstić information content (AvgIpc) is 3.16. The summed E-state index contributed by atoms with van der Waals surface area (Å²) in [6.45, 7) is 2.67. The largest absolute Gasteiger partial charge is 0.348 e. The first-order chi connectivity index (χ1) is 13.6. The standard InChI is InChI=1S/C22H22N4OS/c1-26-10-8-17(9-11-26)22-25-19-7-6-18(12-20(19)28-22)21(27)24-14-16-4-2-15(13-23)3-5-16/h2-7,12,17H,8-11,14H2,1H3,(H,24,27). The molecule has 1 aliphatic heterocycles. The Bertz CT molecular complexity index is 1030. The summed E-state index contributed by atoms with van der Waals surface area (Å²) in [6.07, 6.45) is 2.29. The van der Waals surface area contributed by atoms with Gasteiger partial charge in [-0.05, 0) is 68.9 Å². The topological polar surface area (TPSA) is 69.0 Å². The number of nitrogens with zero attached hydrogens (tertiary/aromatic N) is 3. The monoisotopic (exact) mass is 390 g/mol. The summed E-state index contributed by atoms with van der Waals surface area (Å²) in [5.41, 5.74) is 3.21. The normalized spacial score (nSPS) is 15.4. The number of thiazole rings is 1. The highest BCUT2D eigenvalue weighted by Crippen LogP contribution is 2.33. The molecule has 0 radical (unpaired) electrons. The molecule has 0 saturated carbocycles. The zero-order valence-corrected chi connectivity index (χ0v) is 16.6. The van der Waals surface area contributed by atoms with Gasteiger partial charge in [-0.3, -0.25) is 4.79 Å². The van der Waals surface area contributed by atoms with Crippen LogP contribution in [0.5, 0.6) is 0 Å². The fourth-order valence-corrected chi connectivity index (χ4v) is 4.67. The van der Waals surface area contributed by atoms with E-state index in [9.17, 15) is 4.79 Å². The molecule has 1 amide bonds. The lowest BCUT2D eigenvalue weighted by atomic mass is 9.98. The lowest BCUT2D eigenvalue weighted by Gasteiger charge is -2.27. The van der Waals surface area contributed by atoms with Crippen LogP contribution in [0.1, 0.15) is 45.3 Å². The molecule has 142 valence electrons. The van der Waals surface area contributed by atoms with Crippen LogP contribution in [-0.4, -0.2) is 35.9 Å². The molecule has 1 aliphatic rings. The van der Waals surface area contributed by atoms with Crippen LogP contribution in [0.2, 0.25) is 0 Å². The number of carbonyl (C=O) groups excluding carboxylic acids is 1. The number of nitriles is 1. The number of carbonyl (C=O) groups is 1. The molecule has 1 N–H and O–H groups in total. The van der Waals surface area contributed by atoms with E-state index in [4.69, 9.17) is 10.2 Å². The van der Waals surface area contributed by atoms with Crippen molar-refractivity contribution >= 4 is 27.5 Å². The molecule has 6 heteroatoms. The van der Waals surface area contributed by atoms with E-state index in [-0.39, 0.29) is 5.91 Å². The number of nitrogens with one attached hydrogen (secondary N) is 1. The summed E-state index contributed by atoms with van der Waals surface area (Å²) in [5.74, 6) is 0.433. The minimum atomic E-state index is -0.0968. The molecule has 1 saturated heterocycles. The number of fused-ring (bicyclic) bond motifs is 1. The number of hydrogen-bond acceptors (Lipinski definition) is 5. The van der Waals surface area contributed by atoms with E-state index in [1.54, 1.807) is 23.5 Å². The number of piperidine rings is 1. The Morgan fingerprint density at radius 1 is 1.25 bits per heavy atom.